The molecule has 0 spiro atoms. The minimum Gasteiger partial charge on any atom is -0.496 e. The number of anilines is 1. The van der Waals surface area contributed by atoms with E-state index in [1.54, 1.807) is 31.2 Å². The van der Waals surface area contributed by atoms with E-state index in [0.717, 1.165) is 31.2 Å². The van der Waals surface area contributed by atoms with Crippen LogP contribution >= 0.6 is 12.2 Å². The van der Waals surface area contributed by atoms with Crippen molar-refractivity contribution in [3.63, 3.8) is 0 Å². The van der Waals surface area contributed by atoms with Crippen LogP contribution in [0.3, 0.4) is 0 Å². The first-order chi connectivity index (χ1) is 15.5. The maximum absolute atomic E-state index is 12.9. The molecule has 32 heavy (non-hydrogen) atoms. The fourth-order valence-corrected chi connectivity index (χ4v) is 3.98. The molecular formula is C25H29N3O3S. The number of rotatable bonds is 6. The molecular weight excluding hydrogens is 422 g/mol. The van der Waals surface area contributed by atoms with Gasteiger partial charge in [-0.25, -0.2) is 0 Å². The highest BCUT2D eigenvalue weighted by Crippen LogP contribution is 2.22. The number of hydrogen-bond acceptors (Lipinski definition) is 4. The van der Waals surface area contributed by atoms with Gasteiger partial charge in [-0.2, -0.15) is 0 Å². The highest BCUT2D eigenvalue weighted by atomic mass is 32.1. The molecule has 0 radical (unpaired) electrons. The number of carbonyl (C=O) groups is 2. The van der Waals surface area contributed by atoms with Crippen molar-refractivity contribution in [1.82, 2.24) is 10.6 Å². The van der Waals surface area contributed by atoms with Gasteiger partial charge in [-0.3, -0.25) is 14.9 Å². The molecule has 1 aliphatic rings. The van der Waals surface area contributed by atoms with E-state index in [-0.39, 0.29) is 23.0 Å². The van der Waals surface area contributed by atoms with Crippen molar-refractivity contribution < 1.29 is 14.3 Å². The number of nitrogens with zero attached hydrogens (tertiary/aromatic N) is 1. The van der Waals surface area contributed by atoms with Gasteiger partial charge in [-0.05, 0) is 49.3 Å². The molecule has 0 aromatic heterocycles. The highest BCUT2D eigenvalue weighted by Gasteiger charge is 2.21. The fourth-order valence-electron chi connectivity index (χ4n) is 3.78. The van der Waals surface area contributed by atoms with E-state index >= 15 is 0 Å². The van der Waals surface area contributed by atoms with Gasteiger partial charge in [0, 0.05) is 24.7 Å². The summed E-state index contributed by atoms with van der Waals surface area (Å²) >= 11 is 5.43. The number of nitrogens with one attached hydrogen (secondary N) is 2. The van der Waals surface area contributed by atoms with E-state index in [4.69, 9.17) is 17.0 Å². The second-order valence-electron chi connectivity index (χ2n) is 7.75. The monoisotopic (exact) mass is 451 g/mol. The summed E-state index contributed by atoms with van der Waals surface area (Å²) in [5.41, 5.74) is 1.95. The minimum atomic E-state index is -0.364. The van der Waals surface area contributed by atoms with E-state index in [2.05, 4.69) is 10.6 Å². The van der Waals surface area contributed by atoms with Crippen LogP contribution in [0.2, 0.25) is 0 Å². The number of para-hydroxylation sites is 2. The lowest BCUT2D eigenvalue weighted by Crippen LogP contribution is -2.41. The summed E-state index contributed by atoms with van der Waals surface area (Å²) in [6.07, 6.45) is 8.61. The normalized spacial score (nSPS) is 14.1. The van der Waals surface area contributed by atoms with Gasteiger partial charge < -0.3 is 15.0 Å². The van der Waals surface area contributed by atoms with E-state index in [9.17, 15) is 9.59 Å². The molecule has 0 atom stereocenters. The van der Waals surface area contributed by atoms with Crippen LogP contribution < -0.4 is 20.3 Å². The summed E-state index contributed by atoms with van der Waals surface area (Å²) in [5.74, 6) is 0.190. The van der Waals surface area contributed by atoms with Gasteiger partial charge in [0.1, 0.15) is 5.75 Å². The first-order valence-electron chi connectivity index (χ1n) is 10.8. The Morgan fingerprint density at radius 2 is 1.75 bits per heavy atom. The first kappa shape index (κ1) is 23.5. The third kappa shape index (κ3) is 6.17. The van der Waals surface area contributed by atoms with Crippen LogP contribution in [0.4, 0.5) is 5.69 Å². The quantitative estimate of drug-likeness (QED) is 0.506. The van der Waals surface area contributed by atoms with Gasteiger partial charge in [0.25, 0.3) is 5.91 Å². The largest absolute Gasteiger partial charge is 0.496 e. The Hall–Kier alpha value is -3.19. The SMILES string of the molecule is COc1ccccc1C=CC(=O)NC(=S)N(C)c1ccccc1C(=O)NC1CCCCC1. The minimum absolute atomic E-state index is 0.121. The number of hydrogen-bond donors (Lipinski definition) is 2. The van der Waals surface area contributed by atoms with Crippen molar-refractivity contribution in [1.29, 1.82) is 0 Å². The molecule has 1 aliphatic carbocycles. The Morgan fingerprint density at radius 3 is 2.50 bits per heavy atom. The maximum atomic E-state index is 12.9. The lowest BCUT2D eigenvalue weighted by molar-refractivity contribution is -0.115. The van der Waals surface area contributed by atoms with Crippen LogP contribution in [-0.2, 0) is 4.79 Å². The number of carbonyl (C=O) groups excluding carboxylic acids is 2. The Kier molecular flexibility index (Phi) is 8.39. The van der Waals surface area contributed by atoms with Gasteiger partial charge in [0.05, 0.1) is 18.4 Å². The van der Waals surface area contributed by atoms with Crippen molar-refractivity contribution in [3.8, 4) is 5.75 Å². The molecule has 7 heteroatoms. The zero-order valence-corrected chi connectivity index (χ0v) is 19.3. The van der Waals surface area contributed by atoms with E-state index in [1.165, 1.54) is 12.5 Å². The molecule has 1 saturated carbocycles. The number of benzene rings is 2. The van der Waals surface area contributed by atoms with Crippen LogP contribution in [0.1, 0.15) is 48.0 Å². The van der Waals surface area contributed by atoms with Gasteiger partial charge >= 0.3 is 0 Å². The van der Waals surface area contributed by atoms with Gasteiger partial charge in [0.15, 0.2) is 5.11 Å². The van der Waals surface area contributed by atoms with Crippen molar-refractivity contribution >= 4 is 40.9 Å². The molecule has 2 aromatic carbocycles. The molecule has 6 nitrogen and oxygen atoms in total. The first-order valence-corrected chi connectivity index (χ1v) is 11.2. The van der Waals surface area contributed by atoms with E-state index in [0.29, 0.717) is 17.0 Å². The highest BCUT2D eigenvalue weighted by molar-refractivity contribution is 7.80. The zero-order chi connectivity index (χ0) is 22.9. The van der Waals surface area contributed by atoms with Gasteiger partial charge in [0.2, 0.25) is 5.91 Å². The standard InChI is InChI=1S/C25H29N3O3S/c1-28(25(32)27-23(29)17-16-18-10-6-9-15-22(18)31-2)21-14-8-7-13-20(21)24(30)26-19-11-4-3-5-12-19/h6-10,13-17,19H,3-5,11-12H2,1-2H3,(H,26,30)(H,27,29,32). The molecule has 3 rings (SSSR count). The smallest absolute Gasteiger partial charge is 0.253 e. The number of thiocarbonyl (C=S) groups is 1. The van der Waals surface area contributed by atoms with E-state index < -0.39 is 0 Å². The van der Waals surface area contributed by atoms with Crippen molar-refractivity contribution in [2.45, 2.75) is 38.1 Å². The molecule has 168 valence electrons. The summed E-state index contributed by atoms with van der Waals surface area (Å²) in [4.78, 5) is 27.0. The lowest BCUT2D eigenvalue weighted by Gasteiger charge is -2.25. The summed E-state index contributed by atoms with van der Waals surface area (Å²) in [6, 6.07) is 14.9. The molecule has 0 heterocycles. The topological polar surface area (TPSA) is 70.7 Å². The maximum Gasteiger partial charge on any atom is 0.253 e. The van der Waals surface area contributed by atoms with Crippen molar-refractivity contribution in [3.05, 3.63) is 65.7 Å². The Bertz CT molecular complexity index is 999. The third-order valence-corrected chi connectivity index (χ3v) is 5.91. The summed E-state index contributed by atoms with van der Waals surface area (Å²) in [6.45, 7) is 0. The molecule has 2 amide bonds. The van der Waals surface area contributed by atoms with Crippen LogP contribution in [0.25, 0.3) is 6.08 Å². The van der Waals surface area contributed by atoms with Crippen LogP contribution in [0, 0.1) is 0 Å². The average molecular weight is 452 g/mol. The fraction of sp³-hybridized carbons (Fsp3) is 0.320. The third-order valence-electron chi connectivity index (χ3n) is 5.54. The second kappa shape index (κ2) is 11.4. The van der Waals surface area contributed by atoms with Crippen LogP contribution in [0.5, 0.6) is 5.75 Å². The predicted molar refractivity (Wildman–Crippen MR) is 132 cm³/mol. The molecule has 2 N–H and O–H groups in total. The number of methoxy groups -OCH3 is 1. The van der Waals surface area contributed by atoms with Gasteiger partial charge in [-0.1, -0.05) is 49.6 Å². The number of amides is 2. The molecule has 2 aromatic rings. The molecule has 0 aliphatic heterocycles. The summed E-state index contributed by atoms with van der Waals surface area (Å²) in [5, 5.41) is 6.04. The Balaban J connectivity index is 1.65. The summed E-state index contributed by atoms with van der Waals surface area (Å²) in [7, 11) is 3.32. The Morgan fingerprint density at radius 1 is 1.06 bits per heavy atom. The molecule has 0 saturated heterocycles. The molecule has 0 bridgehead atoms. The molecule has 0 unspecified atom stereocenters. The van der Waals surface area contributed by atoms with E-state index in [1.807, 2.05) is 42.5 Å². The van der Waals surface area contributed by atoms with Crippen molar-refractivity contribution in [2.24, 2.45) is 0 Å². The second-order valence-corrected chi connectivity index (χ2v) is 8.14. The van der Waals surface area contributed by atoms with Crippen LogP contribution in [0.15, 0.2) is 54.6 Å². The summed E-state index contributed by atoms with van der Waals surface area (Å²) < 4.78 is 5.29. The average Bonchev–Trinajstić information content (AvgIpc) is 2.83. The Labute approximate surface area is 194 Å². The molecule has 1 fully saturated rings. The lowest BCUT2D eigenvalue weighted by atomic mass is 9.95. The number of ether oxygens (including phenoxy) is 1. The van der Waals surface area contributed by atoms with Crippen molar-refractivity contribution in [2.75, 3.05) is 19.1 Å². The predicted octanol–water partition coefficient (Wildman–Crippen LogP) is 4.31. The van der Waals surface area contributed by atoms with Gasteiger partial charge in [-0.15, -0.1) is 0 Å². The van der Waals surface area contributed by atoms with Crippen LogP contribution in [-0.4, -0.2) is 37.1 Å². The zero-order valence-electron chi connectivity index (χ0n) is 18.5.